The zero-order valence-corrected chi connectivity index (χ0v) is 9.57. The van der Waals surface area contributed by atoms with Crippen molar-refractivity contribution < 1.29 is 23.1 Å². The predicted octanol–water partition coefficient (Wildman–Crippen LogP) is 2.01. The molecular formula is C9H5F3N2O3S. The lowest BCUT2D eigenvalue weighted by Gasteiger charge is -2.04. The first-order valence-electron chi connectivity index (χ1n) is 4.55. The Balaban J connectivity index is 2.84. The van der Waals surface area contributed by atoms with Crippen LogP contribution in [0.3, 0.4) is 0 Å². The van der Waals surface area contributed by atoms with Gasteiger partial charge in [0, 0.05) is 0 Å². The summed E-state index contributed by atoms with van der Waals surface area (Å²) in [5.41, 5.74) is -0.876. The third kappa shape index (κ3) is 1.86. The minimum Gasteiger partial charge on any atom is -0.477 e. The standard InChI is InChI=1S/C9H5F3N2O3S/c1-2-3-5(15)13-8(9(10,11)12)14-6(3)18-4(2)7(16)17/h1H3,(H,16,17)(H,13,14,15). The van der Waals surface area contributed by atoms with Crippen LogP contribution in [-0.2, 0) is 6.18 Å². The largest absolute Gasteiger partial charge is 0.477 e. The number of rotatable bonds is 1. The minimum atomic E-state index is -4.78. The third-order valence-corrected chi connectivity index (χ3v) is 3.44. The van der Waals surface area contributed by atoms with Crippen molar-refractivity contribution in [1.82, 2.24) is 9.97 Å². The topological polar surface area (TPSA) is 83.0 Å². The number of fused-ring (bicyclic) bond motifs is 1. The van der Waals surface area contributed by atoms with E-state index in [1.54, 1.807) is 4.98 Å². The SMILES string of the molecule is Cc1c(C(=O)O)sc2nc(C(F)(F)F)[nH]c(=O)c12. The van der Waals surface area contributed by atoms with Crippen molar-refractivity contribution in [3.05, 3.63) is 26.6 Å². The van der Waals surface area contributed by atoms with E-state index in [-0.39, 0.29) is 20.7 Å². The molecule has 0 aromatic carbocycles. The fourth-order valence-corrected chi connectivity index (χ4v) is 2.50. The van der Waals surface area contributed by atoms with Gasteiger partial charge >= 0.3 is 12.1 Å². The number of carbonyl (C=O) groups is 1. The Morgan fingerprint density at radius 3 is 2.56 bits per heavy atom. The zero-order valence-electron chi connectivity index (χ0n) is 8.75. The molecule has 0 spiro atoms. The second-order valence-electron chi connectivity index (χ2n) is 3.45. The number of hydrogen-bond acceptors (Lipinski definition) is 4. The highest BCUT2D eigenvalue weighted by Crippen LogP contribution is 2.30. The van der Waals surface area contributed by atoms with Gasteiger partial charge in [0.05, 0.1) is 5.39 Å². The van der Waals surface area contributed by atoms with E-state index in [1.807, 2.05) is 0 Å². The number of aromatic amines is 1. The van der Waals surface area contributed by atoms with E-state index in [0.717, 1.165) is 0 Å². The van der Waals surface area contributed by atoms with E-state index in [9.17, 15) is 22.8 Å². The maximum Gasteiger partial charge on any atom is 0.449 e. The van der Waals surface area contributed by atoms with Crippen molar-refractivity contribution in [1.29, 1.82) is 0 Å². The van der Waals surface area contributed by atoms with Crippen LogP contribution in [-0.4, -0.2) is 21.0 Å². The molecule has 0 saturated carbocycles. The fourth-order valence-electron chi connectivity index (χ4n) is 1.48. The van der Waals surface area contributed by atoms with E-state index in [4.69, 9.17) is 5.11 Å². The van der Waals surface area contributed by atoms with Crippen LogP contribution >= 0.6 is 11.3 Å². The number of aromatic carboxylic acids is 1. The Hall–Kier alpha value is -1.90. The number of carboxylic acids is 1. The fraction of sp³-hybridized carbons (Fsp3) is 0.222. The first kappa shape index (κ1) is 12.6. The highest BCUT2D eigenvalue weighted by Gasteiger charge is 2.35. The highest BCUT2D eigenvalue weighted by atomic mass is 32.1. The summed E-state index contributed by atoms with van der Waals surface area (Å²) in [6.45, 7) is 1.35. The van der Waals surface area contributed by atoms with E-state index in [2.05, 4.69) is 4.98 Å². The number of aromatic nitrogens is 2. The number of alkyl halides is 3. The summed E-state index contributed by atoms with van der Waals surface area (Å²) in [7, 11) is 0. The van der Waals surface area contributed by atoms with Gasteiger partial charge in [0.15, 0.2) is 0 Å². The van der Waals surface area contributed by atoms with Gasteiger partial charge in [0.2, 0.25) is 5.82 Å². The molecule has 96 valence electrons. The number of carboxylic acid groups (broad SMARTS) is 1. The van der Waals surface area contributed by atoms with Crippen molar-refractivity contribution in [3.8, 4) is 0 Å². The minimum absolute atomic E-state index is 0.116. The quantitative estimate of drug-likeness (QED) is 0.835. The molecule has 2 N–H and O–H groups in total. The van der Waals surface area contributed by atoms with Gasteiger partial charge in [-0.3, -0.25) is 4.79 Å². The van der Waals surface area contributed by atoms with E-state index < -0.39 is 23.5 Å². The first-order chi connectivity index (χ1) is 8.21. The first-order valence-corrected chi connectivity index (χ1v) is 5.37. The number of nitrogens with one attached hydrogen (secondary N) is 1. The number of halogens is 3. The Bertz CT molecular complexity index is 701. The molecule has 5 nitrogen and oxygen atoms in total. The lowest BCUT2D eigenvalue weighted by molar-refractivity contribution is -0.144. The summed E-state index contributed by atoms with van der Waals surface area (Å²) >= 11 is 0.546. The van der Waals surface area contributed by atoms with E-state index in [0.29, 0.717) is 11.3 Å². The molecular weight excluding hydrogens is 273 g/mol. The molecule has 0 saturated heterocycles. The molecule has 0 atom stereocenters. The van der Waals surface area contributed by atoms with E-state index >= 15 is 0 Å². The highest BCUT2D eigenvalue weighted by molar-refractivity contribution is 7.20. The zero-order chi connectivity index (χ0) is 13.7. The van der Waals surface area contributed by atoms with Crippen LogP contribution in [0.2, 0.25) is 0 Å². The van der Waals surface area contributed by atoms with Gasteiger partial charge < -0.3 is 10.1 Å². The molecule has 0 aliphatic carbocycles. The summed E-state index contributed by atoms with van der Waals surface area (Å²) in [6, 6.07) is 0. The van der Waals surface area contributed by atoms with Gasteiger partial charge in [0.25, 0.3) is 5.56 Å². The maximum atomic E-state index is 12.4. The van der Waals surface area contributed by atoms with Crippen LogP contribution in [0.5, 0.6) is 0 Å². The van der Waals surface area contributed by atoms with Crippen molar-refractivity contribution in [3.63, 3.8) is 0 Å². The van der Waals surface area contributed by atoms with Crippen molar-refractivity contribution >= 4 is 27.5 Å². The number of aryl methyl sites for hydroxylation is 1. The molecule has 2 rings (SSSR count). The molecule has 0 amide bonds. The molecule has 2 aromatic heterocycles. The molecule has 0 radical (unpaired) electrons. The van der Waals surface area contributed by atoms with Gasteiger partial charge in [0.1, 0.15) is 9.71 Å². The molecule has 9 heteroatoms. The lowest BCUT2D eigenvalue weighted by atomic mass is 10.2. The predicted molar refractivity (Wildman–Crippen MR) is 56.9 cm³/mol. The molecule has 18 heavy (non-hydrogen) atoms. The summed E-state index contributed by atoms with van der Waals surface area (Å²) in [4.78, 5) is 26.8. The molecule has 0 bridgehead atoms. The molecule has 0 unspecified atom stereocenters. The van der Waals surface area contributed by atoms with Crippen molar-refractivity contribution in [2.45, 2.75) is 13.1 Å². The lowest BCUT2D eigenvalue weighted by Crippen LogP contribution is -2.18. The van der Waals surface area contributed by atoms with Crippen LogP contribution in [0.1, 0.15) is 21.1 Å². The van der Waals surface area contributed by atoms with Crippen molar-refractivity contribution in [2.75, 3.05) is 0 Å². The van der Waals surface area contributed by atoms with Gasteiger partial charge in [-0.05, 0) is 12.5 Å². The third-order valence-electron chi connectivity index (χ3n) is 2.26. The Kier molecular flexibility index (Phi) is 2.65. The number of thiophene rings is 1. The van der Waals surface area contributed by atoms with Gasteiger partial charge in [-0.1, -0.05) is 0 Å². The average molecular weight is 278 g/mol. The number of H-pyrrole nitrogens is 1. The summed E-state index contributed by atoms with van der Waals surface area (Å²) < 4.78 is 37.3. The van der Waals surface area contributed by atoms with Crippen LogP contribution in [0.15, 0.2) is 4.79 Å². The van der Waals surface area contributed by atoms with Crippen LogP contribution in [0.4, 0.5) is 13.2 Å². The smallest absolute Gasteiger partial charge is 0.449 e. The summed E-state index contributed by atoms with van der Waals surface area (Å²) in [6.07, 6.45) is -4.78. The molecule has 0 aliphatic rings. The Morgan fingerprint density at radius 1 is 1.44 bits per heavy atom. The number of hydrogen-bond donors (Lipinski definition) is 2. The van der Waals surface area contributed by atoms with Gasteiger partial charge in [-0.25, -0.2) is 9.78 Å². The van der Waals surface area contributed by atoms with Crippen LogP contribution in [0.25, 0.3) is 10.2 Å². The average Bonchev–Trinajstić information content (AvgIpc) is 2.55. The summed E-state index contributed by atoms with van der Waals surface area (Å²) in [5, 5.41) is 8.71. The van der Waals surface area contributed by atoms with E-state index in [1.165, 1.54) is 6.92 Å². The van der Waals surface area contributed by atoms with Gasteiger partial charge in [-0.15, -0.1) is 11.3 Å². The second kappa shape index (κ2) is 3.80. The Morgan fingerprint density at radius 2 is 2.06 bits per heavy atom. The molecule has 2 aromatic rings. The molecule has 2 heterocycles. The molecule has 0 fully saturated rings. The monoisotopic (exact) mass is 278 g/mol. The number of nitrogens with zero attached hydrogens (tertiary/aromatic N) is 1. The van der Waals surface area contributed by atoms with Crippen LogP contribution in [0, 0.1) is 6.92 Å². The summed E-state index contributed by atoms with van der Waals surface area (Å²) in [5.74, 6) is -2.73. The normalized spacial score (nSPS) is 12.0. The Labute approximate surface area is 101 Å². The van der Waals surface area contributed by atoms with Crippen molar-refractivity contribution in [2.24, 2.45) is 0 Å². The maximum absolute atomic E-state index is 12.4. The van der Waals surface area contributed by atoms with Crippen LogP contribution < -0.4 is 5.56 Å². The molecule has 0 aliphatic heterocycles. The second-order valence-corrected chi connectivity index (χ2v) is 4.45. The van der Waals surface area contributed by atoms with Gasteiger partial charge in [-0.2, -0.15) is 13.2 Å².